The van der Waals surface area contributed by atoms with Crippen molar-refractivity contribution in [3.8, 4) is 23.3 Å². The molecule has 0 heterocycles. The summed E-state index contributed by atoms with van der Waals surface area (Å²) in [5.74, 6) is 1.16. The van der Waals surface area contributed by atoms with E-state index in [1.807, 2.05) is 18.2 Å². The van der Waals surface area contributed by atoms with E-state index in [1.165, 1.54) is 18.7 Å². The number of methoxy groups -OCH3 is 1. The Balaban J connectivity index is 1.96. The van der Waals surface area contributed by atoms with Crippen LogP contribution in [0.1, 0.15) is 38.8 Å². The molecule has 2 aromatic carbocycles. The molecule has 2 rings (SSSR count). The summed E-state index contributed by atoms with van der Waals surface area (Å²) in [6, 6.07) is 15.1. The van der Waals surface area contributed by atoms with E-state index in [0.29, 0.717) is 30.3 Å². The summed E-state index contributed by atoms with van der Waals surface area (Å²) >= 11 is 0. The topological polar surface area (TPSA) is 77.8 Å². The Kier molecular flexibility index (Phi) is 8.51. The molecule has 0 aliphatic rings. The van der Waals surface area contributed by atoms with Crippen LogP contribution < -0.4 is 14.2 Å². The molecule has 6 nitrogen and oxygen atoms in total. The normalized spacial score (nSPS) is 11.4. The Morgan fingerprint density at radius 1 is 1.03 bits per heavy atom. The lowest BCUT2D eigenvalue weighted by Gasteiger charge is -2.19. The minimum absolute atomic E-state index is 0.0801. The summed E-state index contributed by atoms with van der Waals surface area (Å²) in [5, 5.41) is 9.17. The number of hydrogen-bond acceptors (Lipinski definition) is 6. The fourth-order valence-corrected chi connectivity index (χ4v) is 2.77. The first-order valence-electron chi connectivity index (χ1n) is 10.1. The van der Waals surface area contributed by atoms with Crippen molar-refractivity contribution in [1.29, 1.82) is 5.26 Å². The van der Waals surface area contributed by atoms with Crippen LogP contribution in [-0.4, -0.2) is 32.9 Å². The van der Waals surface area contributed by atoms with Crippen molar-refractivity contribution < 1.29 is 23.7 Å². The van der Waals surface area contributed by atoms with Gasteiger partial charge >= 0.3 is 5.97 Å². The van der Waals surface area contributed by atoms with Crippen molar-refractivity contribution in [2.45, 2.75) is 33.1 Å². The van der Waals surface area contributed by atoms with Gasteiger partial charge in [0.2, 0.25) is 0 Å². The van der Waals surface area contributed by atoms with Crippen molar-refractivity contribution in [2.75, 3.05) is 26.9 Å². The fraction of sp³-hybridized carbons (Fsp3) is 0.360. The second-order valence-electron chi connectivity index (χ2n) is 7.77. The van der Waals surface area contributed by atoms with Crippen molar-refractivity contribution in [3.05, 3.63) is 59.2 Å². The van der Waals surface area contributed by atoms with E-state index < -0.39 is 5.97 Å². The maximum atomic E-state index is 11.8. The molecule has 0 aromatic heterocycles. The summed E-state index contributed by atoms with van der Waals surface area (Å²) in [7, 11) is 1.53. The summed E-state index contributed by atoms with van der Waals surface area (Å²) < 4.78 is 21.8. The molecule has 0 saturated carbocycles. The van der Waals surface area contributed by atoms with E-state index in [1.54, 1.807) is 25.1 Å². The number of rotatable bonds is 9. The first kappa shape index (κ1) is 23.8. The minimum atomic E-state index is -0.656. The quantitative estimate of drug-likeness (QED) is 0.247. The molecule has 0 spiro atoms. The summed E-state index contributed by atoms with van der Waals surface area (Å²) in [5.41, 5.74) is 1.90. The molecule has 0 aliphatic carbocycles. The van der Waals surface area contributed by atoms with Gasteiger partial charge in [-0.2, -0.15) is 5.26 Å². The van der Waals surface area contributed by atoms with Crippen LogP contribution in [0.5, 0.6) is 17.2 Å². The highest BCUT2D eigenvalue weighted by Crippen LogP contribution is 2.29. The summed E-state index contributed by atoms with van der Waals surface area (Å²) in [4.78, 5) is 11.8. The molecule has 2 aromatic rings. The van der Waals surface area contributed by atoms with Gasteiger partial charge in [-0.25, -0.2) is 4.79 Å². The molecule has 31 heavy (non-hydrogen) atoms. The maximum Gasteiger partial charge on any atom is 0.348 e. The zero-order chi connectivity index (χ0) is 22.9. The molecular formula is C25H29NO5. The zero-order valence-electron chi connectivity index (χ0n) is 18.7. The number of hydrogen-bond donors (Lipinski definition) is 0. The number of carbonyl (C=O) groups excluding carboxylic acids is 1. The molecule has 164 valence electrons. The third kappa shape index (κ3) is 7.07. The lowest BCUT2D eigenvalue weighted by Crippen LogP contribution is -2.12. The molecule has 0 amide bonds. The van der Waals surface area contributed by atoms with Gasteiger partial charge in [-0.1, -0.05) is 39.0 Å². The van der Waals surface area contributed by atoms with Gasteiger partial charge < -0.3 is 18.9 Å². The third-order valence-electron chi connectivity index (χ3n) is 4.44. The molecule has 0 bridgehead atoms. The van der Waals surface area contributed by atoms with Gasteiger partial charge in [0.1, 0.15) is 30.6 Å². The second kappa shape index (κ2) is 11.1. The van der Waals surface area contributed by atoms with Crippen molar-refractivity contribution in [1.82, 2.24) is 0 Å². The van der Waals surface area contributed by atoms with Crippen molar-refractivity contribution in [3.63, 3.8) is 0 Å². The number of carbonyl (C=O) groups is 1. The van der Waals surface area contributed by atoms with Gasteiger partial charge in [-0.05, 0) is 53.8 Å². The highest BCUT2D eigenvalue weighted by Gasteiger charge is 2.13. The highest BCUT2D eigenvalue weighted by atomic mass is 16.5. The van der Waals surface area contributed by atoms with Crippen LogP contribution in [0, 0.1) is 11.3 Å². The van der Waals surface area contributed by atoms with Gasteiger partial charge in [0.15, 0.2) is 11.5 Å². The number of esters is 1. The molecule has 6 heteroatoms. The van der Waals surface area contributed by atoms with Crippen molar-refractivity contribution in [2.24, 2.45) is 0 Å². The third-order valence-corrected chi connectivity index (χ3v) is 4.44. The van der Waals surface area contributed by atoms with Crippen LogP contribution in [0.25, 0.3) is 6.08 Å². The average Bonchev–Trinajstić information content (AvgIpc) is 2.75. The number of nitrogens with zero attached hydrogens (tertiary/aromatic N) is 1. The zero-order valence-corrected chi connectivity index (χ0v) is 18.7. The van der Waals surface area contributed by atoms with E-state index in [0.717, 1.165) is 5.75 Å². The smallest absolute Gasteiger partial charge is 0.348 e. The van der Waals surface area contributed by atoms with Crippen molar-refractivity contribution >= 4 is 12.0 Å². The van der Waals surface area contributed by atoms with Gasteiger partial charge in [-0.15, -0.1) is 0 Å². The number of ether oxygens (including phenoxy) is 4. The Morgan fingerprint density at radius 2 is 1.71 bits per heavy atom. The molecule has 0 fully saturated rings. The van der Waals surface area contributed by atoms with E-state index >= 15 is 0 Å². The van der Waals surface area contributed by atoms with Crippen LogP contribution in [0.3, 0.4) is 0 Å². The molecule has 0 unspecified atom stereocenters. The lowest BCUT2D eigenvalue weighted by atomic mass is 9.87. The molecular weight excluding hydrogens is 394 g/mol. The van der Waals surface area contributed by atoms with Crippen LogP contribution in [0.2, 0.25) is 0 Å². The van der Waals surface area contributed by atoms with Gasteiger partial charge in [0, 0.05) is 0 Å². The number of benzene rings is 2. The Bertz CT molecular complexity index is 949. The Labute approximate surface area is 184 Å². The number of nitriles is 1. The largest absolute Gasteiger partial charge is 0.493 e. The predicted octanol–water partition coefficient (Wildman–Crippen LogP) is 4.92. The van der Waals surface area contributed by atoms with Crippen LogP contribution >= 0.6 is 0 Å². The van der Waals surface area contributed by atoms with Gasteiger partial charge in [0.05, 0.1) is 13.7 Å². The predicted molar refractivity (Wildman–Crippen MR) is 119 cm³/mol. The Hall–Kier alpha value is -3.46. The summed E-state index contributed by atoms with van der Waals surface area (Å²) in [6.07, 6.45) is 1.45. The SMILES string of the molecule is CCOC(=O)/C(C#N)=C\c1ccc(OCCOc2ccc(C(C)(C)C)cc2)c(OC)c1. The molecule has 0 atom stereocenters. The Morgan fingerprint density at radius 3 is 2.29 bits per heavy atom. The lowest BCUT2D eigenvalue weighted by molar-refractivity contribution is -0.137. The van der Waals surface area contributed by atoms with E-state index in [9.17, 15) is 4.79 Å². The average molecular weight is 424 g/mol. The first-order valence-corrected chi connectivity index (χ1v) is 10.1. The fourth-order valence-electron chi connectivity index (χ4n) is 2.77. The summed E-state index contributed by atoms with van der Waals surface area (Å²) in [6.45, 7) is 9.11. The van der Waals surface area contributed by atoms with E-state index in [2.05, 4.69) is 32.9 Å². The van der Waals surface area contributed by atoms with Crippen LogP contribution in [0.4, 0.5) is 0 Å². The second-order valence-corrected chi connectivity index (χ2v) is 7.77. The molecule has 0 radical (unpaired) electrons. The van der Waals surface area contributed by atoms with Crippen LogP contribution in [0.15, 0.2) is 48.0 Å². The first-order chi connectivity index (χ1) is 14.8. The molecule has 0 saturated heterocycles. The molecule has 0 aliphatic heterocycles. The highest BCUT2D eigenvalue weighted by molar-refractivity contribution is 5.97. The standard InChI is InChI=1S/C25H29NO5/c1-6-29-24(27)19(17-26)15-18-7-12-22(23(16-18)28-5)31-14-13-30-21-10-8-20(9-11-21)25(2,3)4/h7-12,15-16H,6,13-14H2,1-5H3/b19-15-. The monoisotopic (exact) mass is 423 g/mol. The van der Waals surface area contributed by atoms with E-state index in [4.69, 9.17) is 24.2 Å². The van der Waals surface area contributed by atoms with Crippen LogP contribution in [-0.2, 0) is 14.9 Å². The van der Waals surface area contributed by atoms with Gasteiger partial charge in [-0.3, -0.25) is 0 Å². The molecule has 0 N–H and O–H groups in total. The minimum Gasteiger partial charge on any atom is -0.493 e. The van der Waals surface area contributed by atoms with Gasteiger partial charge in [0.25, 0.3) is 0 Å². The van der Waals surface area contributed by atoms with E-state index in [-0.39, 0.29) is 17.6 Å². The maximum absolute atomic E-state index is 11.8.